The van der Waals surface area contributed by atoms with Crippen molar-refractivity contribution in [3.8, 4) is 0 Å². The molecule has 0 bridgehead atoms. The van der Waals surface area contributed by atoms with E-state index in [9.17, 15) is 4.79 Å². The number of nitrogens with one attached hydrogen (secondary N) is 2. The van der Waals surface area contributed by atoms with Crippen LogP contribution in [0.15, 0.2) is 73.2 Å². The lowest BCUT2D eigenvalue weighted by Gasteiger charge is -2.28. The Morgan fingerprint density at radius 1 is 1.13 bits per heavy atom. The minimum atomic E-state index is -0.176. The highest BCUT2D eigenvalue weighted by Gasteiger charge is 2.42. The molecule has 1 aliphatic rings. The minimum absolute atomic E-state index is 0.0860. The minimum Gasteiger partial charge on any atom is -0.351 e. The van der Waals surface area contributed by atoms with Gasteiger partial charge >= 0.3 is 0 Å². The van der Waals surface area contributed by atoms with Crippen LogP contribution in [0.2, 0.25) is 5.02 Å². The first kappa shape index (κ1) is 26.8. The molecule has 2 atom stereocenters. The number of aryl methyl sites for hydroxylation is 1. The van der Waals surface area contributed by atoms with Crippen LogP contribution in [0, 0.1) is 19.8 Å². The Morgan fingerprint density at radius 2 is 1.95 bits per heavy atom. The molecule has 2 N–H and O–H groups in total. The summed E-state index contributed by atoms with van der Waals surface area (Å²) in [4.78, 5) is 23.3. The third-order valence-electron chi connectivity index (χ3n) is 7.11. The number of carbonyl (C=O) groups excluding carboxylic acids is 1. The van der Waals surface area contributed by atoms with Crippen molar-refractivity contribution in [1.29, 1.82) is 0 Å². The van der Waals surface area contributed by atoms with E-state index in [4.69, 9.17) is 23.8 Å². The molecule has 4 heterocycles. The zero-order chi connectivity index (χ0) is 27.7. The van der Waals surface area contributed by atoms with Crippen molar-refractivity contribution in [3.05, 3.63) is 106 Å². The second-order valence-electron chi connectivity index (χ2n) is 10.1. The lowest BCUT2D eigenvalue weighted by atomic mass is 9.96. The second kappa shape index (κ2) is 11.2. The maximum absolute atomic E-state index is 12.3. The Kier molecular flexibility index (Phi) is 7.68. The first-order valence-corrected chi connectivity index (χ1v) is 13.7. The van der Waals surface area contributed by atoms with Crippen LogP contribution < -0.4 is 15.5 Å². The van der Waals surface area contributed by atoms with Crippen LogP contribution >= 0.6 is 23.8 Å². The standard InChI is InChI=1S/C30H31ClN6OS/c1-18(2)29(38)34-25-11-10-22(15-24(25)31)37-28(27(35-30(37)39)26-9-5-6-13-33-26)23-14-19(3)36(20(23)4)17-21-8-7-12-32-16-21/h5-16,18,27-28H,17H2,1-4H3,(H,34,38)(H,35,39)/t27-,28+/m1/s1. The molecule has 0 saturated carbocycles. The van der Waals surface area contributed by atoms with Crippen molar-refractivity contribution in [1.82, 2.24) is 19.9 Å². The highest BCUT2D eigenvalue weighted by Crippen LogP contribution is 2.44. The Morgan fingerprint density at radius 3 is 2.62 bits per heavy atom. The highest BCUT2D eigenvalue weighted by molar-refractivity contribution is 7.80. The van der Waals surface area contributed by atoms with Crippen molar-refractivity contribution in [3.63, 3.8) is 0 Å². The monoisotopic (exact) mass is 558 g/mol. The summed E-state index contributed by atoms with van der Waals surface area (Å²) < 4.78 is 2.30. The molecular weight excluding hydrogens is 528 g/mol. The van der Waals surface area contributed by atoms with E-state index in [0.29, 0.717) is 15.8 Å². The summed E-state index contributed by atoms with van der Waals surface area (Å²) in [6, 6.07) is 17.5. The van der Waals surface area contributed by atoms with Gasteiger partial charge in [0.05, 0.1) is 28.5 Å². The SMILES string of the molecule is Cc1cc([C@H]2[C@@H](c3ccccn3)NC(=S)N2c2ccc(NC(=O)C(C)C)c(Cl)c2)c(C)n1Cc1cccnc1. The van der Waals surface area contributed by atoms with Gasteiger partial charge in [-0.05, 0) is 79.7 Å². The number of rotatable bonds is 7. The zero-order valence-corrected chi connectivity index (χ0v) is 23.9. The number of anilines is 2. The fraction of sp³-hybridized carbons (Fsp3) is 0.267. The van der Waals surface area contributed by atoms with Gasteiger partial charge in [0.1, 0.15) is 0 Å². The molecule has 1 amide bonds. The Balaban J connectivity index is 1.57. The lowest BCUT2D eigenvalue weighted by Crippen LogP contribution is -2.29. The first-order chi connectivity index (χ1) is 18.7. The quantitative estimate of drug-likeness (QED) is 0.257. The van der Waals surface area contributed by atoms with Crippen molar-refractivity contribution < 1.29 is 4.79 Å². The molecule has 5 rings (SSSR count). The molecule has 1 aliphatic heterocycles. The molecule has 4 aromatic rings. The summed E-state index contributed by atoms with van der Waals surface area (Å²) in [6.45, 7) is 8.68. The first-order valence-electron chi connectivity index (χ1n) is 12.9. The Hall–Kier alpha value is -3.75. The van der Waals surface area contributed by atoms with Crippen molar-refractivity contribution in [2.24, 2.45) is 5.92 Å². The highest BCUT2D eigenvalue weighted by atomic mass is 35.5. The third kappa shape index (κ3) is 5.40. The molecule has 1 saturated heterocycles. The van der Waals surface area contributed by atoms with Gasteiger partial charge in [-0.25, -0.2) is 0 Å². The number of thiocarbonyl (C=S) groups is 1. The summed E-state index contributed by atoms with van der Waals surface area (Å²) in [6.07, 6.45) is 5.49. The Bertz CT molecular complexity index is 1500. The van der Waals surface area contributed by atoms with Gasteiger partial charge in [0.2, 0.25) is 5.91 Å². The van der Waals surface area contributed by atoms with Gasteiger partial charge < -0.3 is 20.1 Å². The van der Waals surface area contributed by atoms with Gasteiger partial charge in [0.15, 0.2) is 5.11 Å². The van der Waals surface area contributed by atoms with E-state index in [1.54, 1.807) is 12.4 Å². The molecule has 39 heavy (non-hydrogen) atoms. The molecule has 0 aliphatic carbocycles. The van der Waals surface area contributed by atoms with Crippen LogP contribution in [-0.4, -0.2) is 25.6 Å². The molecule has 0 unspecified atom stereocenters. The van der Waals surface area contributed by atoms with Gasteiger partial charge in [-0.1, -0.05) is 37.6 Å². The number of nitrogens with zero attached hydrogens (tertiary/aromatic N) is 4. The van der Waals surface area contributed by atoms with Crippen LogP contribution in [-0.2, 0) is 11.3 Å². The summed E-state index contributed by atoms with van der Waals surface area (Å²) in [5, 5.41) is 7.46. The van der Waals surface area contributed by atoms with Gasteiger partial charge in [-0.2, -0.15) is 0 Å². The maximum Gasteiger partial charge on any atom is 0.226 e. The van der Waals surface area contributed by atoms with Crippen LogP contribution in [0.3, 0.4) is 0 Å². The van der Waals surface area contributed by atoms with E-state index in [1.807, 2.05) is 62.5 Å². The average molecular weight is 559 g/mol. The molecule has 7 nitrogen and oxygen atoms in total. The number of aromatic nitrogens is 3. The van der Waals surface area contributed by atoms with Gasteiger partial charge in [-0.3, -0.25) is 14.8 Å². The van der Waals surface area contributed by atoms with E-state index in [0.717, 1.165) is 40.4 Å². The summed E-state index contributed by atoms with van der Waals surface area (Å²) in [7, 11) is 0. The van der Waals surface area contributed by atoms with Crippen LogP contribution in [0.1, 0.15) is 54.1 Å². The van der Waals surface area contributed by atoms with E-state index < -0.39 is 0 Å². The molecular formula is C30H31ClN6OS. The predicted molar refractivity (Wildman–Crippen MR) is 160 cm³/mol. The van der Waals surface area contributed by atoms with Crippen LogP contribution in [0.25, 0.3) is 0 Å². The van der Waals surface area contributed by atoms with Crippen LogP contribution in [0.5, 0.6) is 0 Å². The van der Waals surface area contributed by atoms with Crippen molar-refractivity contribution in [2.45, 2.75) is 46.3 Å². The number of benzene rings is 1. The predicted octanol–water partition coefficient (Wildman–Crippen LogP) is 6.37. The van der Waals surface area contributed by atoms with E-state index in [-0.39, 0.29) is 23.9 Å². The average Bonchev–Trinajstić information content (AvgIpc) is 3.41. The maximum atomic E-state index is 12.3. The Labute approximate surface area is 239 Å². The fourth-order valence-electron chi connectivity index (χ4n) is 5.03. The largest absolute Gasteiger partial charge is 0.351 e. The number of hydrogen-bond donors (Lipinski definition) is 2. The summed E-state index contributed by atoms with van der Waals surface area (Å²) >= 11 is 12.6. The van der Waals surface area contributed by atoms with E-state index in [1.165, 1.54) is 0 Å². The van der Waals surface area contributed by atoms with Gasteiger partial charge in [0.25, 0.3) is 0 Å². The summed E-state index contributed by atoms with van der Waals surface area (Å²) in [5.41, 5.74) is 6.88. The number of halogens is 1. The topological polar surface area (TPSA) is 75.1 Å². The normalized spacial score (nSPS) is 17.0. The molecule has 1 fully saturated rings. The summed E-state index contributed by atoms with van der Waals surface area (Å²) in [5.74, 6) is -0.237. The molecule has 9 heteroatoms. The van der Waals surface area contributed by atoms with E-state index >= 15 is 0 Å². The number of pyridine rings is 2. The second-order valence-corrected chi connectivity index (χ2v) is 10.9. The molecule has 0 radical (unpaired) electrons. The molecule has 3 aromatic heterocycles. The van der Waals surface area contributed by atoms with Crippen molar-refractivity contribution >= 4 is 46.2 Å². The van der Waals surface area contributed by atoms with E-state index in [2.05, 4.69) is 56.0 Å². The van der Waals surface area contributed by atoms with Gasteiger partial charge in [0, 0.05) is 48.1 Å². The zero-order valence-electron chi connectivity index (χ0n) is 22.4. The third-order valence-corrected chi connectivity index (χ3v) is 7.73. The molecule has 0 spiro atoms. The molecule has 1 aromatic carbocycles. The number of carbonyl (C=O) groups is 1. The lowest BCUT2D eigenvalue weighted by molar-refractivity contribution is -0.118. The number of hydrogen-bond acceptors (Lipinski definition) is 4. The van der Waals surface area contributed by atoms with Gasteiger partial charge in [-0.15, -0.1) is 0 Å². The molecule has 200 valence electrons. The fourth-order valence-corrected chi connectivity index (χ4v) is 5.59. The number of amides is 1. The smallest absolute Gasteiger partial charge is 0.226 e. The van der Waals surface area contributed by atoms with Crippen LogP contribution in [0.4, 0.5) is 11.4 Å². The van der Waals surface area contributed by atoms with Crippen molar-refractivity contribution in [2.75, 3.05) is 10.2 Å².